The quantitative estimate of drug-likeness (QED) is 0.223. The number of hydrogen-bond donors (Lipinski definition) is 2. The van der Waals surface area contributed by atoms with E-state index < -0.39 is 6.23 Å². The molecule has 3 aliphatic heterocycles. The summed E-state index contributed by atoms with van der Waals surface area (Å²) in [6, 6.07) is 15.6. The van der Waals surface area contributed by atoms with Crippen LogP contribution >= 0.6 is 22.6 Å². The molecule has 3 aliphatic rings. The van der Waals surface area contributed by atoms with Gasteiger partial charge in [-0.1, -0.05) is 53.3 Å². The molecule has 0 amide bonds. The number of hydrogen-bond acceptors (Lipinski definition) is 5. The Morgan fingerprint density at radius 2 is 1.73 bits per heavy atom. The van der Waals surface area contributed by atoms with Gasteiger partial charge in [-0.2, -0.15) is 0 Å². The first kappa shape index (κ1) is 29.3. The summed E-state index contributed by atoms with van der Waals surface area (Å²) in [5.41, 5.74) is 5.83. The molecule has 5 nitrogen and oxygen atoms in total. The standard InChI is InChI=1S/C33H42FIN4O/c34-28-11-6-26(7-12-28)8-13-30-15-14-29(5-4-18-36-30)37-24-33(23-35)21-32(40)39(25-33)31-16-9-27(10-17-31)22-38-19-2-1-3-20-38/h6-7,9-12,14-18,32,37,40H,1-5,8,13,19-25H2. The van der Waals surface area contributed by atoms with Crippen molar-refractivity contribution in [3.63, 3.8) is 0 Å². The number of likely N-dealkylation sites (tertiary alicyclic amines) is 1. The van der Waals surface area contributed by atoms with Crippen molar-refractivity contribution in [1.29, 1.82) is 0 Å². The molecule has 0 saturated carbocycles. The van der Waals surface area contributed by atoms with E-state index in [0.717, 1.165) is 73.1 Å². The lowest BCUT2D eigenvalue weighted by Crippen LogP contribution is -2.38. The molecule has 2 unspecified atom stereocenters. The summed E-state index contributed by atoms with van der Waals surface area (Å²) in [4.78, 5) is 9.39. The lowest BCUT2D eigenvalue weighted by Gasteiger charge is -2.29. The van der Waals surface area contributed by atoms with Crippen LogP contribution in [0.1, 0.15) is 56.1 Å². The van der Waals surface area contributed by atoms with Gasteiger partial charge in [-0.25, -0.2) is 4.39 Å². The molecule has 3 heterocycles. The van der Waals surface area contributed by atoms with Crippen LogP contribution in [-0.4, -0.2) is 53.1 Å². The first-order valence-electron chi connectivity index (χ1n) is 14.7. The second-order valence-corrected chi connectivity index (χ2v) is 12.4. The van der Waals surface area contributed by atoms with Gasteiger partial charge < -0.3 is 15.3 Å². The largest absolute Gasteiger partial charge is 0.388 e. The second kappa shape index (κ2) is 14.1. The van der Waals surface area contributed by atoms with Crippen LogP contribution in [-0.2, 0) is 13.0 Å². The monoisotopic (exact) mass is 656 g/mol. The minimum Gasteiger partial charge on any atom is -0.388 e. The number of anilines is 1. The first-order valence-corrected chi connectivity index (χ1v) is 16.3. The average Bonchev–Trinajstić information content (AvgIpc) is 3.31. The van der Waals surface area contributed by atoms with Gasteiger partial charge in [0.05, 0.1) is 0 Å². The van der Waals surface area contributed by atoms with E-state index in [1.165, 1.54) is 55.7 Å². The predicted molar refractivity (Wildman–Crippen MR) is 171 cm³/mol. The lowest BCUT2D eigenvalue weighted by molar-refractivity contribution is 0.166. The van der Waals surface area contributed by atoms with Crippen molar-refractivity contribution in [2.75, 3.05) is 35.5 Å². The fraction of sp³-hybridized carbons (Fsp3) is 0.485. The van der Waals surface area contributed by atoms with Crippen LogP contribution in [0.15, 0.2) is 77.1 Å². The number of aliphatic imine (C=N–C) groups is 1. The summed E-state index contributed by atoms with van der Waals surface area (Å²) in [5.74, 6) is -0.200. The van der Waals surface area contributed by atoms with Gasteiger partial charge in [0.2, 0.25) is 0 Å². The molecule has 2 fully saturated rings. The van der Waals surface area contributed by atoms with E-state index in [9.17, 15) is 9.50 Å². The fourth-order valence-corrected chi connectivity index (χ4v) is 6.80. The van der Waals surface area contributed by atoms with Crippen molar-refractivity contribution in [2.45, 2.75) is 64.1 Å². The van der Waals surface area contributed by atoms with Gasteiger partial charge in [0.15, 0.2) is 0 Å². The van der Waals surface area contributed by atoms with Crippen LogP contribution in [0, 0.1) is 11.2 Å². The van der Waals surface area contributed by atoms with Gasteiger partial charge in [0, 0.05) is 59.2 Å². The number of benzene rings is 2. The van der Waals surface area contributed by atoms with Crippen LogP contribution in [0.25, 0.3) is 0 Å². The Morgan fingerprint density at radius 3 is 2.48 bits per heavy atom. The molecule has 2 aromatic rings. The smallest absolute Gasteiger partial charge is 0.127 e. The summed E-state index contributed by atoms with van der Waals surface area (Å²) in [6.07, 6.45) is 14.0. The topological polar surface area (TPSA) is 51.1 Å². The zero-order valence-corrected chi connectivity index (χ0v) is 25.5. The van der Waals surface area contributed by atoms with Crippen molar-refractivity contribution >= 4 is 34.5 Å². The molecule has 0 aromatic heterocycles. The van der Waals surface area contributed by atoms with Gasteiger partial charge >= 0.3 is 0 Å². The highest BCUT2D eigenvalue weighted by atomic mass is 127. The number of nitrogens with zero attached hydrogens (tertiary/aromatic N) is 3. The number of aryl methyl sites for hydroxylation is 1. The van der Waals surface area contributed by atoms with Gasteiger partial charge in [-0.3, -0.25) is 9.89 Å². The molecule has 0 radical (unpaired) electrons. The summed E-state index contributed by atoms with van der Waals surface area (Å²) in [6.45, 7) is 5.09. The number of aliphatic hydroxyl groups excluding tert-OH is 1. The second-order valence-electron chi connectivity index (χ2n) is 11.6. The van der Waals surface area contributed by atoms with Crippen molar-refractivity contribution in [3.05, 3.63) is 89.0 Å². The zero-order chi connectivity index (χ0) is 27.8. The van der Waals surface area contributed by atoms with Crippen LogP contribution in [0.2, 0.25) is 0 Å². The highest BCUT2D eigenvalue weighted by Crippen LogP contribution is 2.38. The Bertz CT molecular complexity index is 1190. The van der Waals surface area contributed by atoms with Crippen LogP contribution in [0.5, 0.6) is 0 Å². The highest BCUT2D eigenvalue weighted by molar-refractivity contribution is 14.1. The summed E-state index contributed by atoms with van der Waals surface area (Å²) < 4.78 is 14.2. The first-order chi connectivity index (χ1) is 19.5. The highest BCUT2D eigenvalue weighted by Gasteiger charge is 2.42. The zero-order valence-electron chi connectivity index (χ0n) is 23.4. The van der Waals surface area contributed by atoms with Gasteiger partial charge in [-0.05, 0) is 99.2 Å². The molecular formula is C33H42FIN4O. The average molecular weight is 657 g/mol. The molecule has 2 N–H and O–H groups in total. The minimum atomic E-state index is -0.471. The van der Waals surface area contributed by atoms with E-state index in [1.54, 1.807) is 0 Å². The Balaban J connectivity index is 1.17. The van der Waals surface area contributed by atoms with Crippen molar-refractivity contribution < 1.29 is 9.50 Å². The number of halogens is 2. The molecule has 0 spiro atoms. The van der Waals surface area contributed by atoms with Crippen molar-refractivity contribution in [3.8, 4) is 0 Å². The molecule has 7 heteroatoms. The summed E-state index contributed by atoms with van der Waals surface area (Å²) in [7, 11) is 0. The molecule has 2 aromatic carbocycles. The molecule has 5 rings (SSSR count). The lowest BCUT2D eigenvalue weighted by atomic mass is 9.89. The number of nitrogens with one attached hydrogen (secondary N) is 1. The fourth-order valence-electron chi connectivity index (χ4n) is 5.98. The number of rotatable bonds is 10. The number of piperidine rings is 1. The third-order valence-corrected chi connectivity index (χ3v) is 10.1. The number of alkyl halides is 1. The van der Waals surface area contributed by atoms with E-state index >= 15 is 0 Å². The SMILES string of the molecule is OC1CC(CI)(CNC2=CC=C(CCc3ccc(F)cc3)N=CCC2)CN1c1ccc(CN2CCCCC2)cc1. The van der Waals surface area contributed by atoms with Crippen molar-refractivity contribution in [1.82, 2.24) is 10.2 Å². The van der Waals surface area contributed by atoms with E-state index in [-0.39, 0.29) is 11.2 Å². The molecule has 2 saturated heterocycles. The molecule has 40 heavy (non-hydrogen) atoms. The van der Waals surface area contributed by atoms with E-state index in [4.69, 9.17) is 0 Å². The molecule has 0 aliphatic carbocycles. The maximum Gasteiger partial charge on any atom is 0.127 e. The number of allylic oxidation sites excluding steroid dienone is 4. The molecule has 2 atom stereocenters. The van der Waals surface area contributed by atoms with Gasteiger partial charge in [0.1, 0.15) is 12.0 Å². The van der Waals surface area contributed by atoms with E-state index in [2.05, 4.69) is 79.1 Å². The Morgan fingerprint density at radius 1 is 0.975 bits per heavy atom. The third kappa shape index (κ3) is 7.95. The summed E-state index contributed by atoms with van der Waals surface area (Å²) in [5, 5.41) is 14.8. The maximum absolute atomic E-state index is 13.2. The minimum absolute atomic E-state index is 0.00112. The molecule has 214 valence electrons. The van der Waals surface area contributed by atoms with E-state index in [1.807, 2.05) is 18.3 Å². The summed E-state index contributed by atoms with van der Waals surface area (Å²) >= 11 is 2.49. The predicted octanol–water partition coefficient (Wildman–Crippen LogP) is 6.62. The third-order valence-electron chi connectivity index (χ3n) is 8.44. The van der Waals surface area contributed by atoms with E-state index in [0.29, 0.717) is 0 Å². The van der Waals surface area contributed by atoms with Crippen molar-refractivity contribution in [2.24, 2.45) is 10.4 Å². The normalized spacial score (nSPS) is 23.9. The Labute approximate surface area is 252 Å². The molecular weight excluding hydrogens is 614 g/mol. The van der Waals surface area contributed by atoms with Crippen LogP contribution < -0.4 is 10.2 Å². The van der Waals surface area contributed by atoms with Crippen LogP contribution in [0.3, 0.4) is 0 Å². The Kier molecular flexibility index (Phi) is 10.3. The number of aliphatic hydroxyl groups is 1. The van der Waals surface area contributed by atoms with Crippen LogP contribution in [0.4, 0.5) is 10.1 Å². The molecule has 0 bridgehead atoms. The van der Waals surface area contributed by atoms with Gasteiger partial charge in [0.25, 0.3) is 0 Å². The van der Waals surface area contributed by atoms with Gasteiger partial charge in [-0.15, -0.1) is 0 Å². The Hall–Kier alpha value is -2.23. The maximum atomic E-state index is 13.2.